The molecule has 122 valence electrons. The Balaban J connectivity index is 1.85. The molecule has 7 heteroatoms. The molecule has 1 atom stereocenters. The molecule has 1 unspecified atom stereocenters. The normalized spacial score (nSPS) is 17.9. The van der Waals surface area contributed by atoms with Crippen molar-refractivity contribution in [1.29, 1.82) is 0 Å². The van der Waals surface area contributed by atoms with Gasteiger partial charge in [-0.05, 0) is 36.6 Å². The van der Waals surface area contributed by atoms with E-state index in [1.54, 1.807) is 17.0 Å². The fourth-order valence-electron chi connectivity index (χ4n) is 3.01. The second kappa shape index (κ2) is 6.44. The average molecular weight is 323 g/mol. The second-order valence-corrected chi connectivity index (χ2v) is 5.50. The van der Waals surface area contributed by atoms with Crippen LogP contribution in [0.5, 0.6) is 0 Å². The predicted molar refractivity (Wildman–Crippen MR) is 77.6 cm³/mol. The largest absolute Gasteiger partial charge is 0.330 e. The highest BCUT2D eigenvalue weighted by Gasteiger charge is 2.32. The Kier molecular flexibility index (Phi) is 4.36. The molecule has 0 saturated carbocycles. The first kappa shape index (κ1) is 15.6. The maximum atomic E-state index is 13.4. The van der Waals surface area contributed by atoms with Crippen LogP contribution in [0.25, 0.3) is 0 Å². The van der Waals surface area contributed by atoms with Crippen molar-refractivity contribution in [2.24, 2.45) is 0 Å². The third-order valence-corrected chi connectivity index (χ3v) is 3.99. The number of carbonyl (C=O) groups is 1. The Morgan fingerprint density at radius 2 is 2.17 bits per heavy atom. The van der Waals surface area contributed by atoms with Gasteiger partial charge in [0.1, 0.15) is 18.1 Å². The first-order valence-corrected chi connectivity index (χ1v) is 7.42. The van der Waals surface area contributed by atoms with Gasteiger partial charge in [0.05, 0.1) is 6.04 Å². The van der Waals surface area contributed by atoms with Crippen molar-refractivity contribution < 1.29 is 18.0 Å². The standard InChI is InChI=1S/C16H16F3N3O/c17-12-4-1-3-11(9-12)13-5-2-8-21(13)16(23)14-6-7-20-22(14)10-15(18)19/h1,3-4,6-7,9,13,15H,2,5,8,10H2. The number of hydrogen-bond acceptors (Lipinski definition) is 2. The summed E-state index contributed by atoms with van der Waals surface area (Å²) in [6.07, 6.45) is 0.260. The molecule has 4 nitrogen and oxygen atoms in total. The highest BCUT2D eigenvalue weighted by molar-refractivity contribution is 5.93. The zero-order valence-corrected chi connectivity index (χ0v) is 12.3. The van der Waals surface area contributed by atoms with Gasteiger partial charge in [-0.2, -0.15) is 5.10 Å². The maximum Gasteiger partial charge on any atom is 0.272 e. The monoisotopic (exact) mass is 323 g/mol. The molecule has 1 aliphatic rings. The number of halogens is 3. The minimum absolute atomic E-state index is 0.133. The van der Waals surface area contributed by atoms with Gasteiger partial charge in [0.15, 0.2) is 0 Å². The Bertz CT molecular complexity index is 701. The highest BCUT2D eigenvalue weighted by Crippen LogP contribution is 2.33. The van der Waals surface area contributed by atoms with Gasteiger partial charge in [-0.25, -0.2) is 13.2 Å². The number of amides is 1. The maximum absolute atomic E-state index is 13.4. The zero-order chi connectivity index (χ0) is 16.4. The van der Waals surface area contributed by atoms with Crippen LogP contribution in [-0.4, -0.2) is 33.6 Å². The first-order chi connectivity index (χ1) is 11.1. The summed E-state index contributed by atoms with van der Waals surface area (Å²) in [6, 6.07) is 7.33. The lowest BCUT2D eigenvalue weighted by molar-refractivity contribution is 0.0710. The number of hydrogen-bond donors (Lipinski definition) is 0. The van der Waals surface area contributed by atoms with Gasteiger partial charge >= 0.3 is 0 Å². The van der Waals surface area contributed by atoms with Gasteiger partial charge in [0, 0.05) is 12.7 Å². The van der Waals surface area contributed by atoms with Crippen LogP contribution < -0.4 is 0 Å². The van der Waals surface area contributed by atoms with Crippen molar-refractivity contribution in [3.8, 4) is 0 Å². The molecule has 2 aromatic rings. The van der Waals surface area contributed by atoms with Crippen molar-refractivity contribution in [2.75, 3.05) is 6.54 Å². The lowest BCUT2D eigenvalue weighted by atomic mass is 10.0. The Labute approximate surface area is 131 Å². The quantitative estimate of drug-likeness (QED) is 0.866. The Morgan fingerprint density at radius 3 is 2.91 bits per heavy atom. The van der Waals surface area contributed by atoms with E-state index in [-0.39, 0.29) is 23.5 Å². The molecule has 0 radical (unpaired) electrons. The second-order valence-electron chi connectivity index (χ2n) is 5.50. The number of aromatic nitrogens is 2. The average Bonchev–Trinajstić information content (AvgIpc) is 3.14. The molecule has 1 aromatic carbocycles. The lowest BCUT2D eigenvalue weighted by Crippen LogP contribution is -2.32. The van der Waals surface area contributed by atoms with E-state index in [0.717, 1.165) is 23.1 Å². The summed E-state index contributed by atoms with van der Waals surface area (Å²) in [5.41, 5.74) is 0.851. The van der Waals surface area contributed by atoms with E-state index >= 15 is 0 Å². The molecule has 0 aliphatic carbocycles. The molecule has 1 amide bonds. The highest BCUT2D eigenvalue weighted by atomic mass is 19.3. The fourth-order valence-corrected chi connectivity index (χ4v) is 3.01. The number of nitrogens with zero attached hydrogens (tertiary/aromatic N) is 3. The number of likely N-dealkylation sites (tertiary alicyclic amines) is 1. The first-order valence-electron chi connectivity index (χ1n) is 7.42. The number of alkyl halides is 2. The lowest BCUT2D eigenvalue weighted by Gasteiger charge is -2.25. The summed E-state index contributed by atoms with van der Waals surface area (Å²) in [6.45, 7) is -0.105. The number of benzene rings is 1. The summed E-state index contributed by atoms with van der Waals surface area (Å²) in [4.78, 5) is 14.3. The molecule has 1 fully saturated rings. The van der Waals surface area contributed by atoms with Crippen molar-refractivity contribution in [3.05, 3.63) is 53.6 Å². The molecule has 1 aliphatic heterocycles. The van der Waals surface area contributed by atoms with Crippen LogP contribution in [0.1, 0.15) is 34.9 Å². The summed E-state index contributed by atoms with van der Waals surface area (Å²) in [5.74, 6) is -0.709. The molecule has 23 heavy (non-hydrogen) atoms. The van der Waals surface area contributed by atoms with Gasteiger partial charge < -0.3 is 4.90 Å². The minimum atomic E-state index is -2.58. The molecular weight excluding hydrogens is 307 g/mol. The summed E-state index contributed by atoms with van der Waals surface area (Å²) >= 11 is 0. The van der Waals surface area contributed by atoms with Crippen LogP contribution in [0.15, 0.2) is 36.5 Å². The third kappa shape index (κ3) is 3.23. The zero-order valence-electron chi connectivity index (χ0n) is 12.3. The molecule has 3 rings (SSSR count). The minimum Gasteiger partial charge on any atom is -0.330 e. The molecule has 0 N–H and O–H groups in total. The van der Waals surface area contributed by atoms with Crippen molar-refractivity contribution >= 4 is 5.91 Å². The van der Waals surface area contributed by atoms with E-state index in [0.29, 0.717) is 6.54 Å². The van der Waals surface area contributed by atoms with E-state index in [2.05, 4.69) is 5.10 Å². The van der Waals surface area contributed by atoms with Crippen LogP contribution in [-0.2, 0) is 6.54 Å². The number of rotatable bonds is 4. The van der Waals surface area contributed by atoms with Crippen LogP contribution in [0.4, 0.5) is 13.2 Å². The van der Waals surface area contributed by atoms with Gasteiger partial charge in [0.2, 0.25) is 0 Å². The Morgan fingerprint density at radius 1 is 1.35 bits per heavy atom. The molecule has 0 bridgehead atoms. The third-order valence-electron chi connectivity index (χ3n) is 3.99. The van der Waals surface area contributed by atoms with Crippen LogP contribution in [0.2, 0.25) is 0 Å². The van der Waals surface area contributed by atoms with E-state index in [4.69, 9.17) is 0 Å². The molecule has 1 aromatic heterocycles. The summed E-state index contributed by atoms with van der Waals surface area (Å²) in [7, 11) is 0. The van der Waals surface area contributed by atoms with Crippen LogP contribution in [0, 0.1) is 5.82 Å². The van der Waals surface area contributed by atoms with Crippen LogP contribution in [0.3, 0.4) is 0 Å². The van der Waals surface area contributed by atoms with Crippen molar-refractivity contribution in [3.63, 3.8) is 0 Å². The Hall–Kier alpha value is -2.31. The molecule has 1 saturated heterocycles. The van der Waals surface area contributed by atoms with E-state index in [1.807, 2.05) is 0 Å². The molecular formula is C16H16F3N3O. The SMILES string of the molecule is O=C(c1ccnn1CC(F)F)N1CCCC1c1cccc(F)c1. The van der Waals surface area contributed by atoms with Gasteiger partial charge in [0.25, 0.3) is 12.3 Å². The van der Waals surface area contributed by atoms with Gasteiger partial charge in [-0.3, -0.25) is 9.48 Å². The van der Waals surface area contributed by atoms with Gasteiger partial charge in [-0.15, -0.1) is 0 Å². The summed E-state index contributed by atoms with van der Waals surface area (Å²) in [5, 5.41) is 3.79. The van der Waals surface area contributed by atoms with Crippen molar-refractivity contribution in [2.45, 2.75) is 31.9 Å². The number of carbonyl (C=O) groups excluding carboxylic acids is 1. The summed E-state index contributed by atoms with van der Waals surface area (Å²) < 4.78 is 39.6. The fraction of sp³-hybridized carbons (Fsp3) is 0.375. The smallest absolute Gasteiger partial charge is 0.272 e. The van der Waals surface area contributed by atoms with Gasteiger partial charge in [-0.1, -0.05) is 12.1 Å². The van der Waals surface area contributed by atoms with Crippen molar-refractivity contribution in [1.82, 2.24) is 14.7 Å². The predicted octanol–water partition coefficient (Wildman–Crippen LogP) is 3.26. The van der Waals surface area contributed by atoms with E-state index in [9.17, 15) is 18.0 Å². The molecule has 2 heterocycles. The van der Waals surface area contributed by atoms with Crippen LogP contribution >= 0.6 is 0 Å². The van der Waals surface area contributed by atoms with E-state index in [1.165, 1.54) is 24.4 Å². The molecule has 0 spiro atoms. The topological polar surface area (TPSA) is 38.1 Å². The van der Waals surface area contributed by atoms with E-state index < -0.39 is 13.0 Å².